The lowest BCUT2D eigenvalue weighted by molar-refractivity contribution is -0.130. The van der Waals surface area contributed by atoms with Gasteiger partial charge >= 0.3 is 0 Å². The number of halogens is 1. The first kappa shape index (κ1) is 29.8. The van der Waals surface area contributed by atoms with Gasteiger partial charge in [-0.15, -0.1) is 0 Å². The van der Waals surface area contributed by atoms with Crippen LogP contribution in [0.1, 0.15) is 56.4 Å². The Kier molecular flexibility index (Phi) is 10.0. The summed E-state index contributed by atoms with van der Waals surface area (Å²) in [5.74, 6) is 0.840. The van der Waals surface area contributed by atoms with E-state index < -0.39 is 11.6 Å². The maximum Gasteiger partial charge on any atom is 0.266 e. The van der Waals surface area contributed by atoms with Gasteiger partial charge in [-0.05, 0) is 59.4 Å². The summed E-state index contributed by atoms with van der Waals surface area (Å²) >= 11 is 3.51. The average molecular weight is 609 g/mol. The number of ether oxygens (including phenoxy) is 2. The summed E-state index contributed by atoms with van der Waals surface area (Å²) < 4.78 is 13.2. The first-order valence-electron chi connectivity index (χ1n) is 13.6. The lowest BCUT2D eigenvalue weighted by Gasteiger charge is -2.31. The van der Waals surface area contributed by atoms with Gasteiger partial charge in [-0.25, -0.2) is 10.4 Å². The highest BCUT2D eigenvalue weighted by atomic mass is 79.9. The van der Waals surface area contributed by atoms with Crippen molar-refractivity contribution in [3.8, 4) is 5.75 Å². The summed E-state index contributed by atoms with van der Waals surface area (Å²) in [6, 6.07) is 25.2. The minimum absolute atomic E-state index is 0.0805. The zero-order valence-electron chi connectivity index (χ0n) is 23.3. The van der Waals surface area contributed by atoms with Crippen molar-refractivity contribution < 1.29 is 19.4 Å². The monoisotopic (exact) mass is 607 g/mol. The molecule has 1 aliphatic heterocycles. The molecule has 0 aromatic heterocycles. The van der Waals surface area contributed by atoms with Crippen molar-refractivity contribution in [2.24, 2.45) is 10.4 Å². The fourth-order valence-corrected chi connectivity index (χ4v) is 4.78. The van der Waals surface area contributed by atoms with E-state index in [0.717, 1.165) is 27.6 Å². The van der Waals surface area contributed by atoms with Gasteiger partial charge in [0.15, 0.2) is 11.6 Å². The lowest BCUT2D eigenvalue weighted by Crippen LogP contribution is -2.54. The number of nitrogens with one attached hydrogen (secondary N) is 2. The standard InChI is InChI=1S/C32H38BrN3O4/c1-31(2,3)18-19-34-36-30(38)32(22-23-10-14-26(33)15-11-23)28(24-8-5-4-6-9-24)40-29(35-32)25-12-16-27(17-13-25)39-21-7-20-37/h4-6,8-17,28,34,37H,7,18-22H2,1-3H3,(H,36,38)/t28-,32-/m0/s1. The van der Waals surface area contributed by atoms with Gasteiger partial charge in [0.25, 0.3) is 5.91 Å². The van der Waals surface area contributed by atoms with Gasteiger partial charge in [-0.3, -0.25) is 10.2 Å². The summed E-state index contributed by atoms with van der Waals surface area (Å²) in [5.41, 5.74) is 7.55. The Bertz CT molecular complexity index is 1270. The van der Waals surface area contributed by atoms with Crippen LogP contribution < -0.4 is 15.6 Å². The third-order valence-corrected chi connectivity index (χ3v) is 7.25. The van der Waals surface area contributed by atoms with Gasteiger partial charge < -0.3 is 14.6 Å². The lowest BCUT2D eigenvalue weighted by atomic mass is 9.82. The molecule has 0 aliphatic carbocycles. The van der Waals surface area contributed by atoms with E-state index in [4.69, 9.17) is 19.6 Å². The summed E-state index contributed by atoms with van der Waals surface area (Å²) in [4.78, 5) is 19.2. The maximum absolute atomic E-state index is 14.1. The van der Waals surface area contributed by atoms with Crippen LogP contribution in [0.4, 0.5) is 0 Å². The molecule has 1 heterocycles. The number of benzene rings is 3. The van der Waals surface area contributed by atoms with E-state index in [9.17, 15) is 4.79 Å². The van der Waals surface area contributed by atoms with Crippen molar-refractivity contribution in [2.45, 2.75) is 51.7 Å². The number of nitrogens with zero attached hydrogens (tertiary/aromatic N) is 1. The molecule has 8 heteroatoms. The van der Waals surface area contributed by atoms with Crippen molar-refractivity contribution in [1.82, 2.24) is 10.9 Å². The molecular formula is C32H38BrN3O4. The Morgan fingerprint density at radius 1 is 1.05 bits per heavy atom. The first-order chi connectivity index (χ1) is 19.2. The van der Waals surface area contributed by atoms with Crippen LogP contribution in [0.15, 0.2) is 88.3 Å². The number of hydrazine groups is 1. The molecule has 4 rings (SSSR count). The van der Waals surface area contributed by atoms with E-state index >= 15 is 0 Å². The number of carbonyl (C=O) groups is 1. The van der Waals surface area contributed by atoms with Crippen LogP contribution in [0, 0.1) is 5.41 Å². The van der Waals surface area contributed by atoms with E-state index in [1.807, 2.05) is 78.9 Å². The van der Waals surface area contributed by atoms with Crippen molar-refractivity contribution in [3.05, 3.63) is 100 Å². The molecule has 0 radical (unpaired) electrons. The fourth-order valence-electron chi connectivity index (χ4n) is 4.51. The highest BCUT2D eigenvalue weighted by Gasteiger charge is 2.53. The molecule has 0 spiro atoms. The summed E-state index contributed by atoms with van der Waals surface area (Å²) in [5, 5.41) is 9.02. The van der Waals surface area contributed by atoms with Gasteiger partial charge in [-0.2, -0.15) is 0 Å². The number of carbonyl (C=O) groups excluding carboxylic acids is 1. The Morgan fingerprint density at radius 3 is 2.40 bits per heavy atom. The number of aliphatic hydroxyl groups excluding tert-OH is 1. The molecule has 0 fully saturated rings. The van der Waals surface area contributed by atoms with E-state index in [-0.39, 0.29) is 17.9 Å². The van der Waals surface area contributed by atoms with Gasteiger partial charge in [-0.1, -0.05) is 79.2 Å². The molecule has 212 valence electrons. The molecule has 2 atom stereocenters. The van der Waals surface area contributed by atoms with E-state index in [1.165, 1.54) is 0 Å². The number of aliphatic imine (C=N–C) groups is 1. The second-order valence-electron chi connectivity index (χ2n) is 11.2. The normalized spacial score (nSPS) is 18.6. The molecule has 0 bridgehead atoms. The highest BCUT2D eigenvalue weighted by Crippen LogP contribution is 2.42. The molecule has 0 saturated carbocycles. The van der Waals surface area contributed by atoms with Crippen LogP contribution in [-0.4, -0.2) is 42.2 Å². The maximum atomic E-state index is 14.1. The zero-order chi connectivity index (χ0) is 28.6. The first-order valence-corrected chi connectivity index (χ1v) is 14.4. The molecule has 0 saturated heterocycles. The second kappa shape index (κ2) is 13.4. The van der Waals surface area contributed by atoms with Crippen molar-refractivity contribution in [1.29, 1.82) is 0 Å². The number of hydrogen-bond donors (Lipinski definition) is 3. The SMILES string of the molecule is CC(C)(C)CCNNC(=O)[C@@]1(Cc2ccc(Br)cc2)N=C(c2ccc(OCCCO)cc2)O[C@H]1c1ccccc1. The van der Waals surface area contributed by atoms with Crippen LogP contribution in [0.25, 0.3) is 0 Å². The molecule has 0 unspecified atom stereocenters. The average Bonchev–Trinajstić information content (AvgIpc) is 3.33. The third kappa shape index (κ3) is 7.71. The van der Waals surface area contributed by atoms with Gasteiger partial charge in [0.2, 0.25) is 5.90 Å². The molecule has 3 aromatic rings. The molecule has 3 N–H and O–H groups in total. The molecule has 1 aliphatic rings. The van der Waals surface area contributed by atoms with Crippen molar-refractivity contribution >= 4 is 27.7 Å². The quantitative estimate of drug-likeness (QED) is 0.180. The fraction of sp³-hybridized carbons (Fsp3) is 0.375. The Balaban J connectivity index is 1.70. The van der Waals surface area contributed by atoms with Crippen molar-refractivity contribution in [3.63, 3.8) is 0 Å². The Hall–Kier alpha value is -3.20. The predicted molar refractivity (Wildman–Crippen MR) is 161 cm³/mol. The minimum Gasteiger partial charge on any atom is -0.494 e. The van der Waals surface area contributed by atoms with Gasteiger partial charge in [0.1, 0.15) is 5.75 Å². The molecule has 1 amide bonds. The van der Waals surface area contributed by atoms with Crippen LogP contribution in [0.5, 0.6) is 5.75 Å². The largest absolute Gasteiger partial charge is 0.494 e. The van der Waals surface area contributed by atoms with Gasteiger partial charge in [0.05, 0.1) is 6.61 Å². The number of hydrogen-bond acceptors (Lipinski definition) is 6. The predicted octanol–water partition coefficient (Wildman–Crippen LogP) is 5.77. The van der Waals surface area contributed by atoms with Crippen LogP contribution >= 0.6 is 15.9 Å². The van der Waals surface area contributed by atoms with Gasteiger partial charge in [0, 0.05) is 36.0 Å². The van der Waals surface area contributed by atoms with Crippen LogP contribution in [0.2, 0.25) is 0 Å². The van der Waals surface area contributed by atoms with E-state index in [1.54, 1.807) is 0 Å². The molecule has 7 nitrogen and oxygen atoms in total. The Morgan fingerprint density at radius 2 is 1.75 bits per heavy atom. The van der Waals surface area contributed by atoms with Crippen molar-refractivity contribution in [2.75, 3.05) is 19.8 Å². The van der Waals surface area contributed by atoms with E-state index in [2.05, 4.69) is 47.6 Å². The molecule has 40 heavy (non-hydrogen) atoms. The zero-order valence-corrected chi connectivity index (χ0v) is 24.9. The molecular weight excluding hydrogens is 570 g/mol. The summed E-state index contributed by atoms with van der Waals surface area (Å²) in [6.45, 7) is 7.65. The second-order valence-corrected chi connectivity index (χ2v) is 12.1. The minimum atomic E-state index is -1.25. The Labute approximate surface area is 245 Å². The third-order valence-electron chi connectivity index (χ3n) is 6.72. The number of amides is 1. The number of rotatable bonds is 12. The topological polar surface area (TPSA) is 92.2 Å². The smallest absolute Gasteiger partial charge is 0.266 e. The highest BCUT2D eigenvalue weighted by molar-refractivity contribution is 9.10. The molecule has 3 aromatic carbocycles. The summed E-state index contributed by atoms with van der Waals surface area (Å²) in [7, 11) is 0. The van der Waals surface area contributed by atoms with Crippen LogP contribution in [0.3, 0.4) is 0 Å². The van der Waals surface area contributed by atoms with E-state index in [0.29, 0.717) is 37.6 Å². The summed E-state index contributed by atoms with van der Waals surface area (Å²) in [6.07, 6.45) is 1.16. The van der Waals surface area contributed by atoms with Crippen LogP contribution in [-0.2, 0) is 16.0 Å². The number of aliphatic hydroxyl groups is 1.